The Hall–Kier alpha value is -0.550. The molecule has 1 aromatic heterocycles. The molecular weight excluding hydrogens is 199 g/mol. The number of thiophene rings is 1. The van der Waals surface area contributed by atoms with Gasteiger partial charge in [0.05, 0.1) is 0 Å². The second-order valence-electron chi connectivity index (χ2n) is 2.68. The lowest BCUT2D eigenvalue weighted by Gasteiger charge is -2.13. The Morgan fingerprint density at radius 1 is 1.46 bits per heavy atom. The zero-order valence-corrected chi connectivity index (χ0v) is 7.88. The van der Waals surface area contributed by atoms with E-state index in [0.29, 0.717) is 0 Å². The van der Waals surface area contributed by atoms with Crippen molar-refractivity contribution < 1.29 is 13.2 Å². The van der Waals surface area contributed by atoms with Crippen LogP contribution in [0.2, 0.25) is 0 Å². The van der Waals surface area contributed by atoms with E-state index in [4.69, 9.17) is 5.73 Å². The average molecular weight is 209 g/mol. The first kappa shape index (κ1) is 10.5. The van der Waals surface area contributed by atoms with Crippen molar-refractivity contribution in [3.8, 4) is 0 Å². The van der Waals surface area contributed by atoms with Crippen LogP contribution in [-0.2, 0) is 6.42 Å². The largest absolute Gasteiger partial charge is 0.408 e. The molecule has 1 rings (SSSR count). The van der Waals surface area contributed by atoms with Crippen LogP contribution in [0.4, 0.5) is 13.2 Å². The zero-order valence-electron chi connectivity index (χ0n) is 7.06. The summed E-state index contributed by atoms with van der Waals surface area (Å²) in [6, 6.07) is 1.30. The number of rotatable bonds is 2. The highest BCUT2D eigenvalue weighted by Gasteiger charge is 2.38. The Balaban J connectivity index is 2.83. The molecule has 0 aliphatic heterocycles. The first-order valence-corrected chi connectivity index (χ1v) is 4.67. The van der Waals surface area contributed by atoms with E-state index in [-0.39, 0.29) is 4.88 Å². The summed E-state index contributed by atoms with van der Waals surface area (Å²) in [5.41, 5.74) is 5.03. The van der Waals surface area contributed by atoms with Crippen LogP contribution in [0.15, 0.2) is 12.1 Å². The minimum absolute atomic E-state index is 0.185. The van der Waals surface area contributed by atoms with Gasteiger partial charge in [0.1, 0.15) is 6.04 Å². The van der Waals surface area contributed by atoms with Crippen molar-refractivity contribution >= 4 is 11.3 Å². The van der Waals surface area contributed by atoms with Crippen molar-refractivity contribution in [2.45, 2.75) is 25.6 Å². The predicted molar refractivity (Wildman–Crippen MR) is 46.7 cm³/mol. The van der Waals surface area contributed by atoms with Crippen LogP contribution >= 0.6 is 11.3 Å². The monoisotopic (exact) mass is 209 g/mol. The van der Waals surface area contributed by atoms with E-state index < -0.39 is 12.2 Å². The fourth-order valence-corrected chi connectivity index (χ4v) is 1.89. The Morgan fingerprint density at radius 3 is 2.46 bits per heavy atom. The predicted octanol–water partition coefficient (Wildman–Crippen LogP) is 2.87. The Labute approximate surface area is 78.4 Å². The van der Waals surface area contributed by atoms with Gasteiger partial charge in [-0.25, -0.2) is 0 Å². The van der Waals surface area contributed by atoms with Crippen molar-refractivity contribution in [2.75, 3.05) is 0 Å². The summed E-state index contributed by atoms with van der Waals surface area (Å²) in [6.07, 6.45) is -3.59. The van der Waals surface area contributed by atoms with E-state index in [1.807, 2.05) is 6.92 Å². The standard InChI is InChI=1S/C8H10F3NS/c1-2-5-3-4-6(13-5)7(12)8(9,10)11/h3-4,7H,2,12H2,1H3/t7-/m0/s1. The van der Waals surface area contributed by atoms with Crippen LogP contribution in [0.25, 0.3) is 0 Å². The molecule has 0 aliphatic carbocycles. The number of aryl methyl sites for hydroxylation is 1. The van der Waals surface area contributed by atoms with Gasteiger partial charge < -0.3 is 5.73 Å². The quantitative estimate of drug-likeness (QED) is 0.796. The molecule has 0 aromatic carbocycles. The highest BCUT2D eigenvalue weighted by Crippen LogP contribution is 2.34. The van der Waals surface area contributed by atoms with Gasteiger partial charge in [-0.05, 0) is 18.6 Å². The highest BCUT2D eigenvalue weighted by molar-refractivity contribution is 7.12. The van der Waals surface area contributed by atoms with Crippen LogP contribution in [0, 0.1) is 0 Å². The minimum atomic E-state index is -4.34. The van der Waals surface area contributed by atoms with Gasteiger partial charge in [-0.3, -0.25) is 0 Å². The van der Waals surface area contributed by atoms with Gasteiger partial charge in [-0.1, -0.05) is 6.92 Å². The Morgan fingerprint density at radius 2 is 2.08 bits per heavy atom. The fraction of sp³-hybridized carbons (Fsp3) is 0.500. The van der Waals surface area contributed by atoms with Crippen LogP contribution in [0.3, 0.4) is 0 Å². The summed E-state index contributed by atoms with van der Waals surface area (Å²) in [4.78, 5) is 1.11. The average Bonchev–Trinajstić information content (AvgIpc) is 2.48. The lowest BCUT2D eigenvalue weighted by Crippen LogP contribution is -2.27. The van der Waals surface area contributed by atoms with Crippen molar-refractivity contribution in [1.82, 2.24) is 0 Å². The molecule has 0 amide bonds. The van der Waals surface area contributed by atoms with E-state index in [2.05, 4.69) is 0 Å². The smallest absolute Gasteiger partial charge is 0.316 e. The third-order valence-electron chi connectivity index (χ3n) is 1.69. The molecule has 0 spiro atoms. The molecule has 5 heteroatoms. The molecule has 74 valence electrons. The van der Waals surface area contributed by atoms with Gasteiger partial charge in [-0.2, -0.15) is 13.2 Å². The minimum Gasteiger partial charge on any atom is -0.316 e. The molecule has 0 saturated heterocycles. The maximum Gasteiger partial charge on any atom is 0.408 e. The molecule has 1 heterocycles. The van der Waals surface area contributed by atoms with Gasteiger partial charge in [0.15, 0.2) is 0 Å². The van der Waals surface area contributed by atoms with Crippen molar-refractivity contribution in [3.63, 3.8) is 0 Å². The van der Waals surface area contributed by atoms with E-state index in [0.717, 1.165) is 22.6 Å². The molecule has 0 radical (unpaired) electrons. The second-order valence-corrected chi connectivity index (χ2v) is 3.88. The van der Waals surface area contributed by atoms with Gasteiger partial charge in [-0.15, -0.1) is 11.3 Å². The summed E-state index contributed by atoms with van der Waals surface area (Å²) in [5.74, 6) is 0. The number of hydrogen-bond acceptors (Lipinski definition) is 2. The van der Waals surface area contributed by atoms with Gasteiger partial charge in [0.2, 0.25) is 0 Å². The van der Waals surface area contributed by atoms with E-state index >= 15 is 0 Å². The molecule has 1 nitrogen and oxygen atoms in total. The van der Waals surface area contributed by atoms with Crippen molar-refractivity contribution in [3.05, 3.63) is 21.9 Å². The number of alkyl halides is 3. The SMILES string of the molecule is CCc1ccc([C@H](N)C(F)(F)F)s1. The molecule has 0 aliphatic rings. The Kier molecular flexibility index (Phi) is 2.98. The first-order valence-electron chi connectivity index (χ1n) is 3.86. The number of halogens is 3. The van der Waals surface area contributed by atoms with Crippen LogP contribution < -0.4 is 5.73 Å². The molecule has 0 saturated carbocycles. The maximum atomic E-state index is 12.1. The lowest BCUT2D eigenvalue weighted by molar-refractivity contribution is -0.148. The Bertz CT molecular complexity index is 279. The molecule has 0 fully saturated rings. The summed E-state index contributed by atoms with van der Waals surface area (Å²) in [5, 5.41) is 0. The van der Waals surface area contributed by atoms with Crippen molar-refractivity contribution in [2.24, 2.45) is 5.73 Å². The maximum absolute atomic E-state index is 12.1. The van der Waals surface area contributed by atoms with Crippen LogP contribution in [0.5, 0.6) is 0 Å². The van der Waals surface area contributed by atoms with Gasteiger partial charge in [0.25, 0.3) is 0 Å². The van der Waals surface area contributed by atoms with Crippen LogP contribution in [-0.4, -0.2) is 6.18 Å². The third kappa shape index (κ3) is 2.45. The molecule has 0 bridgehead atoms. The first-order chi connectivity index (χ1) is 5.95. The summed E-state index contributed by atoms with van der Waals surface area (Å²) in [7, 11) is 0. The second kappa shape index (κ2) is 3.67. The third-order valence-corrected chi connectivity index (χ3v) is 3.00. The van der Waals surface area contributed by atoms with E-state index in [9.17, 15) is 13.2 Å². The van der Waals surface area contributed by atoms with E-state index in [1.54, 1.807) is 6.07 Å². The van der Waals surface area contributed by atoms with Gasteiger partial charge >= 0.3 is 6.18 Å². The molecule has 2 N–H and O–H groups in total. The topological polar surface area (TPSA) is 26.0 Å². The number of nitrogens with two attached hydrogens (primary N) is 1. The summed E-state index contributed by atoms with van der Waals surface area (Å²) in [6.45, 7) is 1.90. The normalized spacial score (nSPS) is 14.5. The lowest BCUT2D eigenvalue weighted by atomic mass is 10.2. The van der Waals surface area contributed by atoms with Crippen LogP contribution in [0.1, 0.15) is 22.7 Å². The molecule has 13 heavy (non-hydrogen) atoms. The molecule has 1 aromatic rings. The fourth-order valence-electron chi connectivity index (χ4n) is 0.913. The van der Waals surface area contributed by atoms with E-state index in [1.165, 1.54) is 6.07 Å². The molecule has 0 unspecified atom stereocenters. The number of hydrogen-bond donors (Lipinski definition) is 1. The van der Waals surface area contributed by atoms with Crippen molar-refractivity contribution in [1.29, 1.82) is 0 Å². The summed E-state index contributed by atoms with van der Waals surface area (Å²) >= 11 is 1.12. The zero-order chi connectivity index (χ0) is 10.1. The molecular formula is C8H10F3NS. The summed E-state index contributed by atoms with van der Waals surface area (Å²) < 4.78 is 36.4. The highest BCUT2D eigenvalue weighted by atomic mass is 32.1. The molecule has 1 atom stereocenters. The van der Waals surface area contributed by atoms with Gasteiger partial charge in [0, 0.05) is 9.75 Å².